The number of aromatic hydroxyl groups is 1. The van der Waals surface area contributed by atoms with Gasteiger partial charge in [0, 0.05) is 30.6 Å². The number of anilines is 1. The zero-order chi connectivity index (χ0) is 22.0. The van der Waals surface area contributed by atoms with Gasteiger partial charge in [-0.15, -0.1) is 0 Å². The second-order valence-electron chi connectivity index (χ2n) is 8.34. The zero-order valence-corrected chi connectivity index (χ0v) is 17.3. The Morgan fingerprint density at radius 3 is 2.72 bits per heavy atom. The summed E-state index contributed by atoms with van der Waals surface area (Å²) in [5, 5.41) is 15.2. The van der Waals surface area contributed by atoms with Gasteiger partial charge in [-0.25, -0.2) is 8.78 Å². The first-order chi connectivity index (χ1) is 15.5. The summed E-state index contributed by atoms with van der Waals surface area (Å²) in [6.07, 6.45) is 0.964. The number of piperazine rings is 1. The van der Waals surface area contributed by atoms with E-state index in [0.717, 1.165) is 13.0 Å². The molecule has 3 heterocycles. The number of hydrogen-bond acceptors (Lipinski definition) is 6. The zero-order valence-electron chi connectivity index (χ0n) is 17.3. The van der Waals surface area contributed by atoms with Gasteiger partial charge in [0.15, 0.2) is 5.82 Å². The molecule has 162 valence electrons. The average molecular weight is 434 g/mol. The number of nitrogens with one attached hydrogen (secondary N) is 1. The molecule has 6 nitrogen and oxygen atoms in total. The third-order valence-corrected chi connectivity index (χ3v) is 6.47. The third-order valence-electron chi connectivity index (χ3n) is 6.47. The highest BCUT2D eigenvalue weighted by molar-refractivity contribution is 6.01. The van der Waals surface area contributed by atoms with Crippen LogP contribution in [0.1, 0.15) is 6.42 Å². The fourth-order valence-electron chi connectivity index (χ4n) is 5.04. The van der Waals surface area contributed by atoms with Crippen LogP contribution < -0.4 is 15.0 Å². The molecule has 1 aromatic heterocycles. The lowest BCUT2D eigenvalue weighted by atomic mass is 9.95. The number of nitrogens with zero attached hydrogens (tertiary/aromatic N) is 3. The Kier molecular flexibility index (Phi) is 4.19. The van der Waals surface area contributed by atoms with Crippen molar-refractivity contribution in [3.05, 3.63) is 54.1 Å². The van der Waals surface area contributed by atoms with Gasteiger partial charge in [0.25, 0.3) is 0 Å². The van der Waals surface area contributed by atoms with Crippen molar-refractivity contribution >= 4 is 27.5 Å². The van der Waals surface area contributed by atoms with Crippen LogP contribution in [0.25, 0.3) is 32.8 Å². The summed E-state index contributed by atoms with van der Waals surface area (Å²) >= 11 is 0. The highest BCUT2D eigenvalue weighted by Gasteiger charge is 2.39. The lowest BCUT2D eigenvalue weighted by Gasteiger charge is -2.29. The molecule has 0 spiro atoms. The Labute approximate surface area is 182 Å². The lowest BCUT2D eigenvalue weighted by Crippen LogP contribution is -2.44. The summed E-state index contributed by atoms with van der Waals surface area (Å²) in [6.45, 7) is 1.51. The third kappa shape index (κ3) is 2.79. The van der Waals surface area contributed by atoms with Crippen molar-refractivity contribution in [2.45, 2.75) is 18.5 Å². The molecule has 32 heavy (non-hydrogen) atoms. The molecule has 2 unspecified atom stereocenters. The number of halogens is 2. The van der Waals surface area contributed by atoms with E-state index < -0.39 is 11.6 Å². The predicted molar refractivity (Wildman–Crippen MR) is 118 cm³/mol. The summed E-state index contributed by atoms with van der Waals surface area (Å²) in [4.78, 5) is 10.8. The van der Waals surface area contributed by atoms with Gasteiger partial charge in [-0.2, -0.15) is 9.97 Å². The molecule has 0 saturated carbocycles. The SMILES string of the molecule is COc1nc(N2CC3CC2CN3)c2cc(F)c(-c3cc(O)cc4ccccc34)c(F)c2n1. The Balaban J connectivity index is 1.63. The maximum Gasteiger partial charge on any atom is 0.318 e. The van der Waals surface area contributed by atoms with Crippen LogP contribution >= 0.6 is 0 Å². The van der Waals surface area contributed by atoms with E-state index >= 15 is 8.78 Å². The molecule has 2 saturated heterocycles. The second kappa shape index (κ2) is 7.00. The summed E-state index contributed by atoms with van der Waals surface area (Å²) in [7, 11) is 1.42. The number of rotatable bonds is 3. The molecule has 3 aromatic carbocycles. The predicted octanol–water partition coefficient (Wildman–Crippen LogP) is 3.99. The van der Waals surface area contributed by atoms with Gasteiger partial charge in [-0.1, -0.05) is 24.3 Å². The number of phenols is 1. The molecule has 8 heteroatoms. The van der Waals surface area contributed by atoms with Crippen molar-refractivity contribution in [2.75, 3.05) is 25.1 Å². The quantitative estimate of drug-likeness (QED) is 0.508. The molecule has 2 aliphatic rings. The van der Waals surface area contributed by atoms with E-state index in [1.54, 1.807) is 24.3 Å². The maximum absolute atomic E-state index is 15.9. The van der Waals surface area contributed by atoms with Gasteiger partial charge in [-0.05, 0) is 41.0 Å². The largest absolute Gasteiger partial charge is 0.508 e. The minimum atomic E-state index is -0.805. The van der Waals surface area contributed by atoms with Crippen molar-refractivity contribution in [2.24, 2.45) is 0 Å². The number of ether oxygens (including phenoxy) is 1. The van der Waals surface area contributed by atoms with Crippen LogP contribution in [0.2, 0.25) is 0 Å². The van der Waals surface area contributed by atoms with Crippen molar-refractivity contribution in [1.82, 2.24) is 15.3 Å². The van der Waals surface area contributed by atoms with Gasteiger partial charge in [-0.3, -0.25) is 0 Å². The van der Waals surface area contributed by atoms with Crippen molar-refractivity contribution in [3.8, 4) is 22.9 Å². The molecule has 0 aliphatic carbocycles. The smallest absolute Gasteiger partial charge is 0.318 e. The first-order valence-corrected chi connectivity index (χ1v) is 10.5. The van der Waals surface area contributed by atoms with Crippen LogP contribution in [0, 0.1) is 11.6 Å². The van der Waals surface area contributed by atoms with Gasteiger partial charge >= 0.3 is 6.01 Å². The first kappa shape index (κ1) is 19.2. The Morgan fingerprint density at radius 1 is 1.12 bits per heavy atom. The molecule has 2 N–H and O–H groups in total. The summed E-state index contributed by atoms with van der Waals surface area (Å²) < 4.78 is 36.7. The number of aromatic nitrogens is 2. The monoisotopic (exact) mass is 434 g/mol. The van der Waals surface area contributed by atoms with E-state index in [-0.39, 0.29) is 34.4 Å². The number of hydrogen-bond donors (Lipinski definition) is 2. The molecule has 6 rings (SSSR count). The van der Waals surface area contributed by atoms with Gasteiger partial charge < -0.3 is 20.1 Å². The van der Waals surface area contributed by atoms with Gasteiger partial charge in [0.1, 0.15) is 22.9 Å². The van der Waals surface area contributed by atoms with Crippen molar-refractivity contribution < 1.29 is 18.6 Å². The number of phenolic OH excluding ortho intramolecular Hbond substituents is 1. The lowest BCUT2D eigenvalue weighted by molar-refractivity contribution is 0.381. The molecular formula is C24H20F2N4O2. The van der Waals surface area contributed by atoms with Crippen LogP contribution in [0.5, 0.6) is 11.8 Å². The molecule has 2 atom stereocenters. The van der Waals surface area contributed by atoms with E-state index in [9.17, 15) is 5.11 Å². The molecule has 2 bridgehead atoms. The second-order valence-corrected chi connectivity index (χ2v) is 8.34. The summed E-state index contributed by atoms with van der Waals surface area (Å²) in [6, 6.07) is 12.0. The van der Waals surface area contributed by atoms with Gasteiger partial charge in [0.05, 0.1) is 12.7 Å². The van der Waals surface area contributed by atoms with E-state index in [2.05, 4.69) is 20.2 Å². The fourth-order valence-corrected chi connectivity index (χ4v) is 5.04. The topological polar surface area (TPSA) is 70.5 Å². The molecule has 0 radical (unpaired) electrons. The van der Waals surface area contributed by atoms with E-state index in [0.29, 0.717) is 34.6 Å². The van der Waals surface area contributed by atoms with Crippen molar-refractivity contribution in [3.63, 3.8) is 0 Å². The highest BCUT2D eigenvalue weighted by atomic mass is 19.1. The number of benzene rings is 3. The average Bonchev–Trinajstić information content (AvgIpc) is 3.42. The van der Waals surface area contributed by atoms with Gasteiger partial charge in [0.2, 0.25) is 0 Å². The first-order valence-electron chi connectivity index (χ1n) is 10.5. The minimum Gasteiger partial charge on any atom is -0.508 e. The standard InChI is InChI=1S/C24H20F2N4O2/c1-32-24-28-22-18(23(29-24)30-11-13-7-14(30)10-27-13)9-19(25)20(21(22)26)17-8-15(31)6-12-4-2-3-5-16(12)17/h2-6,8-9,13-14,27,31H,7,10-11H2,1H3. The van der Waals surface area contributed by atoms with E-state index in [1.807, 2.05) is 6.07 Å². The number of fused-ring (bicyclic) bond motifs is 4. The minimum absolute atomic E-state index is 0.00796. The highest BCUT2D eigenvalue weighted by Crippen LogP contribution is 2.41. The van der Waals surface area contributed by atoms with Crippen molar-refractivity contribution in [1.29, 1.82) is 0 Å². The number of methoxy groups -OCH3 is 1. The van der Waals surface area contributed by atoms with Crippen LogP contribution in [-0.4, -0.2) is 47.4 Å². The van der Waals surface area contributed by atoms with Crippen LogP contribution in [0.3, 0.4) is 0 Å². The molecule has 4 aromatic rings. The molecule has 0 amide bonds. The summed E-state index contributed by atoms with van der Waals surface area (Å²) in [5.41, 5.74) is 0.0216. The van der Waals surface area contributed by atoms with E-state index in [1.165, 1.54) is 19.2 Å². The maximum atomic E-state index is 15.9. The molecule has 2 aliphatic heterocycles. The fraction of sp³-hybridized carbons (Fsp3) is 0.250. The Hall–Kier alpha value is -3.52. The Morgan fingerprint density at radius 2 is 1.97 bits per heavy atom. The van der Waals surface area contributed by atoms with Crippen LogP contribution in [-0.2, 0) is 0 Å². The molecule has 2 fully saturated rings. The van der Waals surface area contributed by atoms with Crippen LogP contribution in [0.4, 0.5) is 14.6 Å². The van der Waals surface area contributed by atoms with Crippen LogP contribution in [0.15, 0.2) is 42.5 Å². The summed E-state index contributed by atoms with van der Waals surface area (Å²) in [5.74, 6) is -1.13. The normalized spacial score (nSPS) is 19.9. The van der Waals surface area contributed by atoms with E-state index in [4.69, 9.17) is 4.74 Å². The molecular weight excluding hydrogens is 414 g/mol. The Bertz CT molecular complexity index is 1390.